The molecule has 5 rings (SSSR count). The van der Waals surface area contributed by atoms with E-state index in [9.17, 15) is 0 Å². The first-order chi connectivity index (χ1) is 16.2. The molecule has 168 valence electrons. The fraction of sp³-hybridized carbons (Fsp3) is 0.267. The Balaban J connectivity index is 1.34. The van der Waals surface area contributed by atoms with Gasteiger partial charge >= 0.3 is 0 Å². The predicted molar refractivity (Wildman–Crippen MR) is 135 cm³/mol. The largest absolute Gasteiger partial charge is 0.494 e. The molecule has 0 aliphatic carbocycles. The summed E-state index contributed by atoms with van der Waals surface area (Å²) in [7, 11) is 0. The smallest absolute Gasteiger partial charge is 0.123 e. The van der Waals surface area contributed by atoms with E-state index >= 15 is 0 Å². The Bertz CT molecular complexity index is 1240. The van der Waals surface area contributed by atoms with E-state index in [0.717, 1.165) is 31.0 Å². The lowest BCUT2D eigenvalue weighted by atomic mass is 9.83. The average Bonchev–Trinajstić information content (AvgIpc) is 2.85. The van der Waals surface area contributed by atoms with E-state index < -0.39 is 0 Å². The van der Waals surface area contributed by atoms with Crippen LogP contribution in [-0.4, -0.2) is 19.3 Å². The summed E-state index contributed by atoms with van der Waals surface area (Å²) in [6.45, 7) is 6.44. The first-order valence-electron chi connectivity index (χ1n) is 11.9. The molecule has 1 heterocycles. The molecule has 0 saturated heterocycles. The second kappa shape index (κ2) is 9.68. The Labute approximate surface area is 196 Å². The van der Waals surface area contributed by atoms with Crippen molar-refractivity contribution in [3.63, 3.8) is 0 Å². The van der Waals surface area contributed by atoms with Crippen molar-refractivity contribution >= 4 is 10.8 Å². The lowest BCUT2D eigenvalue weighted by molar-refractivity contribution is 0.162. The second-order valence-electron chi connectivity index (χ2n) is 8.79. The number of ether oxygens (including phenoxy) is 2. The molecule has 3 heteroatoms. The molecule has 0 aromatic heterocycles. The van der Waals surface area contributed by atoms with Crippen LogP contribution >= 0.6 is 0 Å². The van der Waals surface area contributed by atoms with Crippen molar-refractivity contribution in [1.29, 1.82) is 0 Å². The van der Waals surface area contributed by atoms with Gasteiger partial charge in [-0.2, -0.15) is 0 Å². The number of hydrogen-bond acceptors (Lipinski definition) is 3. The van der Waals surface area contributed by atoms with Crippen molar-refractivity contribution in [3.8, 4) is 11.5 Å². The molecule has 1 aliphatic rings. The van der Waals surface area contributed by atoms with Gasteiger partial charge in [0.1, 0.15) is 17.6 Å². The molecule has 2 atom stereocenters. The lowest BCUT2D eigenvalue weighted by Gasteiger charge is -2.33. The van der Waals surface area contributed by atoms with Crippen molar-refractivity contribution in [2.45, 2.75) is 38.8 Å². The number of hydrogen-bond donors (Lipinski definition) is 1. The van der Waals surface area contributed by atoms with Crippen LogP contribution in [0.1, 0.15) is 41.5 Å². The molecular weight excluding hydrogens is 406 g/mol. The maximum absolute atomic E-state index is 6.42. The minimum atomic E-state index is 0.108. The Morgan fingerprint density at radius 3 is 2.67 bits per heavy atom. The molecule has 2 unspecified atom stereocenters. The Morgan fingerprint density at radius 1 is 0.939 bits per heavy atom. The van der Waals surface area contributed by atoms with Crippen LogP contribution in [0.15, 0.2) is 84.9 Å². The quantitative estimate of drug-likeness (QED) is 0.352. The van der Waals surface area contributed by atoms with Crippen LogP contribution in [0.5, 0.6) is 11.5 Å². The minimum Gasteiger partial charge on any atom is -0.494 e. The predicted octanol–water partition coefficient (Wildman–Crippen LogP) is 6.62. The Kier molecular flexibility index (Phi) is 6.32. The average molecular weight is 438 g/mol. The Morgan fingerprint density at radius 2 is 1.76 bits per heavy atom. The van der Waals surface area contributed by atoms with E-state index in [4.69, 9.17) is 9.47 Å². The van der Waals surface area contributed by atoms with Crippen molar-refractivity contribution in [3.05, 3.63) is 107 Å². The monoisotopic (exact) mass is 437 g/mol. The van der Waals surface area contributed by atoms with Gasteiger partial charge in [0.05, 0.1) is 6.61 Å². The summed E-state index contributed by atoms with van der Waals surface area (Å²) in [5.41, 5.74) is 5.04. The van der Waals surface area contributed by atoms with Gasteiger partial charge in [0, 0.05) is 24.6 Å². The number of nitrogens with one attached hydrogen (secondary N) is 1. The van der Waals surface area contributed by atoms with Gasteiger partial charge in [-0.1, -0.05) is 72.8 Å². The third-order valence-corrected chi connectivity index (χ3v) is 6.57. The summed E-state index contributed by atoms with van der Waals surface area (Å²) in [5.74, 6) is 2.26. The zero-order chi connectivity index (χ0) is 22.6. The van der Waals surface area contributed by atoms with Gasteiger partial charge in [-0.25, -0.2) is 0 Å². The van der Waals surface area contributed by atoms with Crippen LogP contribution in [0.2, 0.25) is 0 Å². The van der Waals surface area contributed by atoms with Crippen LogP contribution in [0, 0.1) is 6.92 Å². The van der Waals surface area contributed by atoms with Gasteiger partial charge in [-0.3, -0.25) is 0 Å². The van der Waals surface area contributed by atoms with Gasteiger partial charge < -0.3 is 14.8 Å². The van der Waals surface area contributed by atoms with Gasteiger partial charge in [-0.05, 0) is 59.9 Å². The molecule has 33 heavy (non-hydrogen) atoms. The molecule has 0 radical (unpaired) electrons. The summed E-state index contributed by atoms with van der Waals surface area (Å²) in [6.07, 6.45) is 1.05. The zero-order valence-corrected chi connectivity index (χ0v) is 19.4. The fourth-order valence-corrected chi connectivity index (χ4v) is 4.89. The highest BCUT2D eigenvalue weighted by atomic mass is 16.5. The topological polar surface area (TPSA) is 30.5 Å². The fourth-order valence-electron chi connectivity index (χ4n) is 4.89. The standard InChI is InChI=1S/C30H31NO2/c1-3-32-30-17-23(16-15-21(30)2)28-18-25(33-29-14-7-6-13-27(28)29)20-31-19-24-11-8-10-22-9-4-5-12-26(22)24/h4-17,25,28,31H,3,18-20H2,1-2H3. The summed E-state index contributed by atoms with van der Waals surface area (Å²) in [6, 6.07) is 30.2. The van der Waals surface area contributed by atoms with Gasteiger partial charge in [0.25, 0.3) is 0 Å². The molecule has 0 saturated carbocycles. The highest BCUT2D eigenvalue weighted by Crippen LogP contribution is 2.41. The van der Waals surface area contributed by atoms with Gasteiger partial charge in [0.15, 0.2) is 0 Å². The van der Waals surface area contributed by atoms with Crippen molar-refractivity contribution < 1.29 is 9.47 Å². The van der Waals surface area contributed by atoms with Crippen molar-refractivity contribution in [2.24, 2.45) is 0 Å². The molecule has 0 fully saturated rings. The zero-order valence-electron chi connectivity index (χ0n) is 19.4. The number of benzene rings is 4. The number of aryl methyl sites for hydroxylation is 1. The highest BCUT2D eigenvalue weighted by Gasteiger charge is 2.29. The number of fused-ring (bicyclic) bond motifs is 2. The minimum absolute atomic E-state index is 0.108. The first kappa shape index (κ1) is 21.5. The van der Waals surface area contributed by atoms with Crippen LogP contribution < -0.4 is 14.8 Å². The molecule has 4 aromatic carbocycles. The van der Waals surface area contributed by atoms with Crippen LogP contribution in [0.4, 0.5) is 0 Å². The molecule has 3 nitrogen and oxygen atoms in total. The summed E-state index contributed by atoms with van der Waals surface area (Å²) >= 11 is 0. The van der Waals surface area contributed by atoms with Crippen LogP contribution in [0.3, 0.4) is 0 Å². The third-order valence-electron chi connectivity index (χ3n) is 6.57. The molecule has 0 amide bonds. The molecule has 0 bridgehead atoms. The third kappa shape index (κ3) is 4.60. The SMILES string of the molecule is CCOc1cc(C2CC(CNCc3cccc4ccccc34)Oc3ccccc32)ccc1C. The molecule has 4 aromatic rings. The van der Waals surface area contributed by atoms with E-state index in [1.54, 1.807) is 0 Å². The number of para-hydroxylation sites is 1. The molecule has 1 N–H and O–H groups in total. The van der Waals surface area contributed by atoms with Crippen LogP contribution in [-0.2, 0) is 6.54 Å². The van der Waals surface area contributed by atoms with E-state index in [1.807, 2.05) is 6.92 Å². The summed E-state index contributed by atoms with van der Waals surface area (Å²) in [4.78, 5) is 0. The van der Waals surface area contributed by atoms with Crippen molar-refractivity contribution in [2.75, 3.05) is 13.2 Å². The summed E-state index contributed by atoms with van der Waals surface area (Å²) < 4.78 is 12.3. The van der Waals surface area contributed by atoms with Crippen LogP contribution in [0.25, 0.3) is 10.8 Å². The maximum Gasteiger partial charge on any atom is 0.123 e. The van der Waals surface area contributed by atoms with Gasteiger partial charge in [-0.15, -0.1) is 0 Å². The van der Waals surface area contributed by atoms with Gasteiger partial charge in [0.2, 0.25) is 0 Å². The maximum atomic E-state index is 6.42. The molecular formula is C30H31NO2. The Hall–Kier alpha value is -3.30. The van der Waals surface area contributed by atoms with E-state index in [0.29, 0.717) is 12.5 Å². The molecule has 0 spiro atoms. The van der Waals surface area contributed by atoms with E-state index in [-0.39, 0.29) is 6.10 Å². The summed E-state index contributed by atoms with van der Waals surface area (Å²) in [5, 5.41) is 6.25. The highest BCUT2D eigenvalue weighted by molar-refractivity contribution is 5.85. The normalized spacial score (nSPS) is 17.4. The number of rotatable bonds is 7. The van der Waals surface area contributed by atoms with E-state index in [2.05, 4.69) is 97.2 Å². The second-order valence-corrected chi connectivity index (χ2v) is 8.79. The van der Waals surface area contributed by atoms with Crippen molar-refractivity contribution in [1.82, 2.24) is 5.32 Å². The first-order valence-corrected chi connectivity index (χ1v) is 11.9. The molecule has 1 aliphatic heterocycles. The van der Waals surface area contributed by atoms with E-state index in [1.165, 1.54) is 33.0 Å². The lowest BCUT2D eigenvalue weighted by Crippen LogP contribution is -2.35.